The third kappa shape index (κ3) is 3.27. The second-order valence-corrected chi connectivity index (χ2v) is 7.80. The number of nitrogens with zero attached hydrogens (tertiary/aromatic N) is 4. The Morgan fingerprint density at radius 1 is 0.939 bits per heavy atom. The molecular weight excluding hydrogens is 414 g/mol. The van der Waals surface area contributed by atoms with Crippen LogP contribution in [0.2, 0.25) is 0 Å². The molecule has 6 aromatic rings. The topological polar surface area (TPSA) is 102 Å². The summed E-state index contributed by atoms with van der Waals surface area (Å²) in [5.41, 5.74) is 11.6. The van der Waals surface area contributed by atoms with Crippen LogP contribution in [0.4, 0.5) is 5.69 Å². The number of benzene rings is 2. The van der Waals surface area contributed by atoms with Crippen LogP contribution < -0.4 is 5.73 Å². The van der Waals surface area contributed by atoms with Gasteiger partial charge in [-0.1, -0.05) is 30.3 Å². The predicted octanol–water partition coefficient (Wildman–Crippen LogP) is 5.08. The van der Waals surface area contributed by atoms with E-state index in [4.69, 9.17) is 20.1 Å². The molecule has 0 aliphatic rings. The van der Waals surface area contributed by atoms with Gasteiger partial charge in [-0.05, 0) is 36.4 Å². The Morgan fingerprint density at radius 2 is 1.79 bits per heavy atom. The summed E-state index contributed by atoms with van der Waals surface area (Å²) in [5, 5.41) is 12.0. The number of nitrogens with two attached hydrogens (primary N) is 1. The highest BCUT2D eigenvalue weighted by molar-refractivity contribution is 5.97. The van der Waals surface area contributed by atoms with Crippen LogP contribution in [0.1, 0.15) is 11.5 Å². The Morgan fingerprint density at radius 3 is 2.61 bits per heavy atom. The number of furan rings is 1. The number of rotatable bonds is 4. The van der Waals surface area contributed by atoms with E-state index in [-0.39, 0.29) is 5.88 Å². The molecule has 0 fully saturated rings. The smallest absolute Gasteiger partial charge is 0.219 e. The summed E-state index contributed by atoms with van der Waals surface area (Å²) in [7, 11) is 0. The Kier molecular flexibility index (Phi) is 4.33. The van der Waals surface area contributed by atoms with E-state index >= 15 is 0 Å². The first-order valence-electron chi connectivity index (χ1n) is 10.5. The second-order valence-electron chi connectivity index (χ2n) is 7.80. The van der Waals surface area contributed by atoms with E-state index in [1.807, 2.05) is 66.7 Å². The third-order valence-electron chi connectivity index (χ3n) is 5.68. The summed E-state index contributed by atoms with van der Waals surface area (Å²) < 4.78 is 7.15. The van der Waals surface area contributed by atoms with Gasteiger partial charge in [0.15, 0.2) is 5.65 Å². The van der Waals surface area contributed by atoms with Crippen molar-refractivity contribution in [2.45, 2.75) is 6.42 Å². The van der Waals surface area contributed by atoms with E-state index in [1.165, 1.54) is 0 Å². The number of nitrogen functional groups attached to an aromatic ring is 1. The van der Waals surface area contributed by atoms with Gasteiger partial charge in [0, 0.05) is 34.6 Å². The number of fused-ring (bicyclic) bond motifs is 2. The lowest BCUT2D eigenvalue weighted by molar-refractivity contribution is 0.438. The van der Waals surface area contributed by atoms with Gasteiger partial charge < -0.3 is 15.3 Å². The summed E-state index contributed by atoms with van der Waals surface area (Å²) >= 11 is 0. The predicted molar refractivity (Wildman–Crippen MR) is 127 cm³/mol. The zero-order valence-corrected chi connectivity index (χ0v) is 17.5. The van der Waals surface area contributed by atoms with E-state index in [1.54, 1.807) is 23.1 Å². The zero-order valence-electron chi connectivity index (χ0n) is 17.5. The van der Waals surface area contributed by atoms with Gasteiger partial charge in [-0.15, -0.1) is 0 Å². The van der Waals surface area contributed by atoms with Crippen molar-refractivity contribution in [3.8, 4) is 28.4 Å². The first kappa shape index (κ1) is 19.1. The molecule has 4 heterocycles. The van der Waals surface area contributed by atoms with Gasteiger partial charge in [0.25, 0.3) is 0 Å². The maximum absolute atomic E-state index is 11.1. The average molecular weight is 433 g/mol. The summed E-state index contributed by atoms with van der Waals surface area (Å²) in [6.07, 6.45) is 5.53. The van der Waals surface area contributed by atoms with Gasteiger partial charge in [-0.3, -0.25) is 9.38 Å². The van der Waals surface area contributed by atoms with Crippen LogP contribution >= 0.6 is 0 Å². The number of imidazole rings is 1. The van der Waals surface area contributed by atoms with Crippen LogP contribution in [0.3, 0.4) is 0 Å². The van der Waals surface area contributed by atoms with E-state index < -0.39 is 0 Å². The van der Waals surface area contributed by atoms with Crippen molar-refractivity contribution in [1.82, 2.24) is 19.4 Å². The molecule has 3 N–H and O–H groups in total. The fraction of sp³-hybridized carbons (Fsp3) is 0.0385. The Labute approximate surface area is 188 Å². The molecule has 7 heteroatoms. The van der Waals surface area contributed by atoms with Crippen molar-refractivity contribution in [2.24, 2.45) is 0 Å². The molecule has 7 nitrogen and oxygen atoms in total. The molecule has 6 rings (SSSR count). The van der Waals surface area contributed by atoms with Crippen molar-refractivity contribution < 1.29 is 9.52 Å². The average Bonchev–Trinajstić information content (AvgIpc) is 3.47. The van der Waals surface area contributed by atoms with E-state index in [9.17, 15) is 5.11 Å². The molecule has 4 aromatic heterocycles. The molecule has 0 amide bonds. The van der Waals surface area contributed by atoms with Crippen LogP contribution in [0, 0.1) is 0 Å². The first-order chi connectivity index (χ1) is 16.2. The molecule has 0 atom stereocenters. The maximum Gasteiger partial charge on any atom is 0.219 e. The fourth-order valence-corrected chi connectivity index (χ4v) is 4.05. The number of hydrogen-bond donors (Lipinski definition) is 2. The van der Waals surface area contributed by atoms with Crippen LogP contribution in [-0.2, 0) is 6.42 Å². The number of para-hydroxylation sites is 1. The maximum atomic E-state index is 11.1. The minimum absolute atomic E-state index is 0.0557. The molecule has 0 radical (unpaired) electrons. The summed E-state index contributed by atoms with van der Waals surface area (Å²) in [6.45, 7) is 0. The molecule has 0 saturated carbocycles. The van der Waals surface area contributed by atoms with Gasteiger partial charge in [0.05, 0.1) is 23.9 Å². The van der Waals surface area contributed by atoms with Crippen LogP contribution in [0.15, 0.2) is 89.8 Å². The van der Waals surface area contributed by atoms with Crippen molar-refractivity contribution in [3.05, 3.63) is 96.8 Å². The summed E-state index contributed by atoms with van der Waals surface area (Å²) in [5.74, 6) is 0.774. The zero-order chi connectivity index (χ0) is 22.4. The highest BCUT2D eigenvalue weighted by Gasteiger charge is 2.20. The van der Waals surface area contributed by atoms with Crippen molar-refractivity contribution in [2.75, 3.05) is 5.73 Å². The van der Waals surface area contributed by atoms with Crippen LogP contribution in [0.5, 0.6) is 5.88 Å². The van der Waals surface area contributed by atoms with Gasteiger partial charge >= 0.3 is 0 Å². The molecule has 0 aliphatic heterocycles. The number of anilines is 1. The Bertz CT molecular complexity index is 1600. The lowest BCUT2D eigenvalue weighted by atomic mass is 10.1. The largest absolute Gasteiger partial charge is 0.493 e. The van der Waals surface area contributed by atoms with Crippen molar-refractivity contribution >= 4 is 22.2 Å². The normalized spacial score (nSPS) is 11.4. The minimum atomic E-state index is 0.0557. The van der Waals surface area contributed by atoms with E-state index in [0.29, 0.717) is 34.8 Å². The highest BCUT2D eigenvalue weighted by atomic mass is 16.3. The first-order valence-corrected chi connectivity index (χ1v) is 10.5. The minimum Gasteiger partial charge on any atom is -0.493 e. The summed E-state index contributed by atoms with van der Waals surface area (Å²) in [6, 6.07) is 21.0. The molecular formula is C26H19N5O2. The Balaban J connectivity index is 1.64. The Hall–Kier alpha value is -4.65. The highest BCUT2D eigenvalue weighted by Crippen LogP contribution is 2.34. The quantitative estimate of drug-likeness (QED) is 0.376. The lowest BCUT2D eigenvalue weighted by Crippen LogP contribution is -1.97. The molecule has 0 bridgehead atoms. The molecule has 0 aliphatic carbocycles. The monoisotopic (exact) mass is 433 g/mol. The molecule has 0 saturated heterocycles. The molecule has 0 spiro atoms. The number of aromatic nitrogens is 4. The van der Waals surface area contributed by atoms with E-state index in [0.717, 1.165) is 27.8 Å². The van der Waals surface area contributed by atoms with Crippen LogP contribution in [0.25, 0.3) is 39.1 Å². The van der Waals surface area contributed by atoms with Crippen LogP contribution in [-0.4, -0.2) is 24.5 Å². The van der Waals surface area contributed by atoms with E-state index in [2.05, 4.69) is 4.98 Å². The van der Waals surface area contributed by atoms with Gasteiger partial charge in [0.1, 0.15) is 17.1 Å². The number of hydrogen-bond acceptors (Lipinski definition) is 6. The summed E-state index contributed by atoms with van der Waals surface area (Å²) in [4.78, 5) is 14.2. The lowest BCUT2D eigenvalue weighted by Gasteiger charge is -2.10. The van der Waals surface area contributed by atoms with Crippen molar-refractivity contribution in [1.29, 1.82) is 0 Å². The molecule has 2 aromatic carbocycles. The van der Waals surface area contributed by atoms with Gasteiger partial charge in [-0.25, -0.2) is 9.97 Å². The number of pyridine rings is 1. The second kappa shape index (κ2) is 7.49. The van der Waals surface area contributed by atoms with Crippen molar-refractivity contribution in [3.63, 3.8) is 0 Å². The third-order valence-corrected chi connectivity index (χ3v) is 5.68. The van der Waals surface area contributed by atoms with Gasteiger partial charge in [0.2, 0.25) is 5.88 Å². The number of aromatic hydroxyl groups is 1. The molecule has 160 valence electrons. The molecule has 33 heavy (non-hydrogen) atoms. The standard InChI is InChI=1S/C26H19N5O2/c27-17-9-7-16(8-10-17)23-15-31-25(30-22(26(31)32)14-18-4-3-13-33-18)24(29-23)20-11-12-28-21-6-2-1-5-19(20)21/h1-13,15,32H,14,27H2. The SMILES string of the molecule is Nc1ccc(-c2cn3c(O)c(Cc4ccco4)nc3c(-c3ccnc4ccccc34)n2)cc1. The molecule has 0 unspecified atom stereocenters. The fourth-order valence-electron chi connectivity index (χ4n) is 4.05. The van der Waals surface area contributed by atoms with Gasteiger partial charge in [-0.2, -0.15) is 0 Å².